The van der Waals surface area contributed by atoms with E-state index in [9.17, 15) is 4.79 Å². The van der Waals surface area contributed by atoms with E-state index in [0.717, 1.165) is 42.2 Å². The van der Waals surface area contributed by atoms with Gasteiger partial charge in [-0.2, -0.15) is 0 Å². The number of hydrogen-bond donors (Lipinski definition) is 2. The van der Waals surface area contributed by atoms with Crippen LogP contribution in [0.4, 0.5) is 0 Å². The summed E-state index contributed by atoms with van der Waals surface area (Å²) in [6.45, 7) is 5.15. The molecule has 4 nitrogen and oxygen atoms in total. The van der Waals surface area contributed by atoms with Crippen LogP contribution in [-0.4, -0.2) is 43.0 Å². The number of nitrogens with zero attached hydrogens (tertiary/aromatic N) is 1. The Morgan fingerprint density at radius 1 is 1.35 bits per heavy atom. The second kappa shape index (κ2) is 5.72. The van der Waals surface area contributed by atoms with Crippen molar-refractivity contribution in [2.24, 2.45) is 0 Å². The number of nitrogens with one attached hydrogen (secondary N) is 2. The third kappa shape index (κ3) is 2.55. The minimum atomic E-state index is 0.122. The zero-order chi connectivity index (χ0) is 14.1. The molecule has 2 saturated heterocycles. The van der Waals surface area contributed by atoms with Crippen molar-refractivity contribution < 1.29 is 4.79 Å². The zero-order valence-corrected chi connectivity index (χ0v) is 12.4. The summed E-state index contributed by atoms with van der Waals surface area (Å²) in [6.07, 6.45) is 1.06. The largest absolute Gasteiger partial charge is 0.354 e. The number of carbonyl (C=O) groups excluding carboxylic acids is 1. The Hall–Kier alpha value is -1.10. The number of aryl methyl sites for hydroxylation is 1. The molecule has 0 aliphatic carbocycles. The van der Waals surface area contributed by atoms with E-state index >= 15 is 0 Å². The van der Waals surface area contributed by atoms with Gasteiger partial charge in [0.25, 0.3) is 0 Å². The molecule has 0 radical (unpaired) electrons. The topological polar surface area (TPSA) is 44.4 Å². The van der Waals surface area contributed by atoms with Crippen molar-refractivity contribution in [2.45, 2.75) is 25.4 Å². The third-order valence-corrected chi connectivity index (χ3v) is 4.80. The average Bonchev–Trinajstić information content (AvgIpc) is 2.91. The van der Waals surface area contributed by atoms with Crippen LogP contribution in [0.15, 0.2) is 18.2 Å². The number of amides is 1. The van der Waals surface area contributed by atoms with Crippen molar-refractivity contribution in [1.29, 1.82) is 0 Å². The van der Waals surface area contributed by atoms with E-state index in [1.54, 1.807) is 0 Å². The smallest absolute Gasteiger partial charge is 0.234 e. The number of rotatable bonds is 2. The van der Waals surface area contributed by atoms with Crippen molar-refractivity contribution in [3.8, 4) is 0 Å². The molecule has 108 valence electrons. The number of carbonyl (C=O) groups is 1. The molecule has 2 heterocycles. The van der Waals surface area contributed by atoms with Crippen LogP contribution in [0, 0.1) is 6.92 Å². The first-order valence-corrected chi connectivity index (χ1v) is 7.54. The molecule has 1 amide bonds. The number of piperazine rings is 1. The monoisotopic (exact) mass is 293 g/mol. The lowest BCUT2D eigenvalue weighted by atomic mass is 9.97. The van der Waals surface area contributed by atoms with Gasteiger partial charge in [-0.15, -0.1) is 0 Å². The van der Waals surface area contributed by atoms with E-state index in [1.165, 1.54) is 0 Å². The molecule has 20 heavy (non-hydrogen) atoms. The van der Waals surface area contributed by atoms with E-state index in [-0.39, 0.29) is 11.9 Å². The van der Waals surface area contributed by atoms with Gasteiger partial charge in [0.1, 0.15) is 0 Å². The van der Waals surface area contributed by atoms with Gasteiger partial charge in [0.15, 0.2) is 0 Å². The van der Waals surface area contributed by atoms with Crippen molar-refractivity contribution in [3.05, 3.63) is 34.3 Å². The molecule has 0 bridgehead atoms. The highest BCUT2D eigenvalue weighted by Crippen LogP contribution is 2.34. The highest BCUT2D eigenvalue weighted by molar-refractivity contribution is 6.32. The second-order valence-corrected chi connectivity index (χ2v) is 5.96. The molecule has 3 rings (SSSR count). The molecule has 2 aliphatic rings. The van der Waals surface area contributed by atoms with E-state index in [0.29, 0.717) is 12.6 Å². The van der Waals surface area contributed by atoms with Gasteiger partial charge in [-0.25, -0.2) is 0 Å². The maximum atomic E-state index is 11.6. The summed E-state index contributed by atoms with van der Waals surface area (Å²) in [4.78, 5) is 13.9. The van der Waals surface area contributed by atoms with Crippen LogP contribution in [0.25, 0.3) is 0 Å². The van der Waals surface area contributed by atoms with E-state index in [2.05, 4.69) is 27.7 Å². The van der Waals surface area contributed by atoms with Gasteiger partial charge in [0.2, 0.25) is 5.91 Å². The number of benzene rings is 1. The molecule has 5 heteroatoms. The van der Waals surface area contributed by atoms with Crippen molar-refractivity contribution >= 4 is 17.5 Å². The van der Waals surface area contributed by atoms with Gasteiger partial charge in [0, 0.05) is 30.2 Å². The molecular weight excluding hydrogens is 274 g/mol. The maximum Gasteiger partial charge on any atom is 0.234 e. The van der Waals surface area contributed by atoms with Crippen LogP contribution in [0.5, 0.6) is 0 Å². The van der Waals surface area contributed by atoms with Gasteiger partial charge in [0.05, 0.1) is 6.54 Å². The van der Waals surface area contributed by atoms with Crippen LogP contribution < -0.4 is 10.6 Å². The fourth-order valence-electron chi connectivity index (χ4n) is 3.25. The van der Waals surface area contributed by atoms with Gasteiger partial charge >= 0.3 is 0 Å². The Balaban J connectivity index is 1.85. The van der Waals surface area contributed by atoms with E-state index < -0.39 is 0 Å². The fraction of sp³-hybridized carbons (Fsp3) is 0.533. The van der Waals surface area contributed by atoms with E-state index in [1.807, 2.05) is 13.0 Å². The molecule has 0 saturated carbocycles. The Labute approximate surface area is 124 Å². The van der Waals surface area contributed by atoms with Crippen LogP contribution in [0.1, 0.15) is 23.6 Å². The van der Waals surface area contributed by atoms with Crippen molar-refractivity contribution in [1.82, 2.24) is 15.5 Å². The summed E-state index contributed by atoms with van der Waals surface area (Å²) in [5, 5.41) is 7.27. The van der Waals surface area contributed by atoms with Gasteiger partial charge in [-0.05, 0) is 31.0 Å². The highest BCUT2D eigenvalue weighted by atomic mass is 35.5. The summed E-state index contributed by atoms with van der Waals surface area (Å²) in [5.41, 5.74) is 2.26. The predicted molar refractivity (Wildman–Crippen MR) is 79.9 cm³/mol. The normalized spacial score (nSPS) is 27.6. The molecule has 2 atom stereocenters. The molecule has 2 aliphatic heterocycles. The Kier molecular flexibility index (Phi) is 3.96. The minimum Gasteiger partial charge on any atom is -0.354 e. The van der Waals surface area contributed by atoms with Crippen LogP contribution in [-0.2, 0) is 4.79 Å². The van der Waals surface area contributed by atoms with Crippen LogP contribution in [0.3, 0.4) is 0 Å². The number of halogens is 1. The molecule has 0 spiro atoms. The second-order valence-electron chi connectivity index (χ2n) is 5.59. The first kappa shape index (κ1) is 13.9. The standard InChI is InChI=1S/C15H20ClN3O/c1-10-3-2-4-11(14(10)16)15-12(5-6-18-15)19-8-7-17-13(20)9-19/h2-4,12,15,18H,5-9H2,1H3,(H,17,20)/t12-,15-/m1/s1. The first-order chi connectivity index (χ1) is 9.66. The number of hydrogen-bond acceptors (Lipinski definition) is 3. The highest BCUT2D eigenvalue weighted by Gasteiger charge is 2.35. The lowest BCUT2D eigenvalue weighted by Crippen LogP contribution is -2.52. The third-order valence-electron chi connectivity index (χ3n) is 4.28. The van der Waals surface area contributed by atoms with Crippen molar-refractivity contribution in [2.75, 3.05) is 26.2 Å². The molecule has 0 unspecified atom stereocenters. The zero-order valence-electron chi connectivity index (χ0n) is 11.7. The summed E-state index contributed by atoms with van der Waals surface area (Å²) in [5.74, 6) is 0.122. The van der Waals surface area contributed by atoms with Crippen LogP contribution in [0.2, 0.25) is 5.02 Å². The predicted octanol–water partition coefficient (Wildman–Crippen LogP) is 1.48. The molecule has 2 fully saturated rings. The lowest BCUT2D eigenvalue weighted by molar-refractivity contribution is -0.125. The summed E-state index contributed by atoms with van der Waals surface area (Å²) in [6, 6.07) is 6.74. The fourth-order valence-corrected chi connectivity index (χ4v) is 3.50. The minimum absolute atomic E-state index is 0.122. The van der Waals surface area contributed by atoms with Gasteiger partial charge in [-0.1, -0.05) is 29.8 Å². The summed E-state index contributed by atoms with van der Waals surface area (Å²) >= 11 is 6.47. The SMILES string of the molecule is Cc1cccc([C@H]2NCC[C@H]2N2CCNC(=O)C2)c1Cl. The van der Waals surface area contributed by atoms with Crippen LogP contribution >= 0.6 is 11.6 Å². The van der Waals surface area contributed by atoms with E-state index in [4.69, 9.17) is 11.6 Å². The van der Waals surface area contributed by atoms with Gasteiger partial charge in [-0.3, -0.25) is 9.69 Å². The molecular formula is C15H20ClN3O. The maximum absolute atomic E-state index is 11.6. The molecule has 2 N–H and O–H groups in total. The Bertz CT molecular complexity index is 520. The first-order valence-electron chi connectivity index (χ1n) is 7.16. The molecule has 0 aromatic heterocycles. The van der Waals surface area contributed by atoms with Gasteiger partial charge < -0.3 is 10.6 Å². The average molecular weight is 294 g/mol. The molecule has 1 aromatic rings. The summed E-state index contributed by atoms with van der Waals surface area (Å²) < 4.78 is 0. The molecule has 1 aromatic carbocycles. The lowest BCUT2D eigenvalue weighted by Gasteiger charge is -2.35. The van der Waals surface area contributed by atoms with Crippen molar-refractivity contribution in [3.63, 3.8) is 0 Å². The quantitative estimate of drug-likeness (QED) is 0.868. The Morgan fingerprint density at radius 2 is 2.20 bits per heavy atom. The summed E-state index contributed by atoms with van der Waals surface area (Å²) in [7, 11) is 0. The Morgan fingerprint density at radius 3 is 3.00 bits per heavy atom.